The van der Waals surface area contributed by atoms with Crippen LogP contribution in [-0.4, -0.2) is 61.2 Å². The second-order valence-corrected chi connectivity index (χ2v) is 6.67. The van der Waals surface area contributed by atoms with E-state index >= 15 is 0 Å². The van der Waals surface area contributed by atoms with Gasteiger partial charge in [0.15, 0.2) is 0 Å². The molecule has 0 radical (unpaired) electrons. The largest absolute Gasteiger partial charge is 0.314 e. The van der Waals surface area contributed by atoms with Crippen molar-refractivity contribution in [1.29, 1.82) is 0 Å². The van der Waals surface area contributed by atoms with Gasteiger partial charge in [0.2, 0.25) is 0 Å². The lowest BCUT2D eigenvalue weighted by Crippen LogP contribution is -2.49. The van der Waals surface area contributed by atoms with E-state index in [0.717, 1.165) is 18.1 Å². The highest BCUT2D eigenvalue weighted by Gasteiger charge is 2.30. The third-order valence-corrected chi connectivity index (χ3v) is 4.90. The van der Waals surface area contributed by atoms with Crippen LogP contribution in [0.5, 0.6) is 0 Å². The minimum atomic E-state index is 0.724. The van der Waals surface area contributed by atoms with Crippen LogP contribution in [0.2, 0.25) is 0 Å². The zero-order valence-electron chi connectivity index (χ0n) is 13.2. The van der Waals surface area contributed by atoms with E-state index in [0.29, 0.717) is 0 Å². The zero-order chi connectivity index (χ0) is 13.7. The van der Waals surface area contributed by atoms with E-state index in [1.807, 2.05) is 0 Å². The van der Waals surface area contributed by atoms with E-state index in [1.165, 1.54) is 64.7 Å². The Kier molecular flexibility index (Phi) is 6.11. The summed E-state index contributed by atoms with van der Waals surface area (Å²) >= 11 is 0. The molecular weight excluding hydrogens is 234 g/mol. The van der Waals surface area contributed by atoms with Gasteiger partial charge < -0.3 is 10.2 Å². The summed E-state index contributed by atoms with van der Waals surface area (Å²) in [5.74, 6) is 0. The van der Waals surface area contributed by atoms with Crippen LogP contribution in [0.25, 0.3) is 0 Å². The number of nitrogens with zero attached hydrogens (tertiary/aromatic N) is 2. The summed E-state index contributed by atoms with van der Waals surface area (Å²) in [4.78, 5) is 5.31. The predicted octanol–water partition coefficient (Wildman–Crippen LogP) is 2.32. The molecule has 1 N–H and O–H groups in total. The predicted molar refractivity (Wildman–Crippen MR) is 82.6 cm³/mol. The average molecular weight is 267 g/mol. The van der Waals surface area contributed by atoms with Crippen LogP contribution in [0, 0.1) is 0 Å². The molecule has 0 bridgehead atoms. The minimum absolute atomic E-state index is 0.724. The number of nitrogens with one attached hydrogen (secondary N) is 1. The third kappa shape index (κ3) is 4.44. The van der Waals surface area contributed by atoms with Gasteiger partial charge >= 0.3 is 0 Å². The van der Waals surface area contributed by atoms with Gasteiger partial charge in [-0.15, -0.1) is 0 Å². The second kappa shape index (κ2) is 7.61. The molecule has 1 heterocycles. The van der Waals surface area contributed by atoms with Gasteiger partial charge in [-0.25, -0.2) is 0 Å². The van der Waals surface area contributed by atoms with E-state index in [-0.39, 0.29) is 0 Å². The molecule has 1 aliphatic carbocycles. The molecule has 1 saturated heterocycles. The quantitative estimate of drug-likeness (QED) is 0.843. The normalized spacial score (nSPS) is 35.2. The lowest BCUT2D eigenvalue weighted by atomic mass is 9.89. The van der Waals surface area contributed by atoms with Crippen molar-refractivity contribution >= 4 is 0 Å². The Hall–Kier alpha value is -0.120. The maximum absolute atomic E-state index is 3.74. The monoisotopic (exact) mass is 267 g/mol. The smallest absolute Gasteiger partial charge is 0.0197 e. The summed E-state index contributed by atoms with van der Waals surface area (Å²) in [6.07, 6.45) is 8.17. The van der Waals surface area contributed by atoms with E-state index < -0.39 is 0 Å². The first-order valence-corrected chi connectivity index (χ1v) is 8.38. The van der Waals surface area contributed by atoms with Gasteiger partial charge in [-0.3, -0.25) is 4.90 Å². The van der Waals surface area contributed by atoms with Crippen molar-refractivity contribution in [1.82, 2.24) is 15.1 Å². The molecule has 0 aromatic carbocycles. The summed E-state index contributed by atoms with van der Waals surface area (Å²) < 4.78 is 0. The number of hydrogen-bond donors (Lipinski definition) is 1. The zero-order valence-corrected chi connectivity index (χ0v) is 13.2. The molecule has 2 rings (SSSR count). The molecular formula is C16H33N3. The van der Waals surface area contributed by atoms with Crippen LogP contribution < -0.4 is 5.32 Å². The number of likely N-dealkylation sites (N-methyl/N-ethyl adjacent to an activating group) is 1. The molecule has 0 aromatic rings. The van der Waals surface area contributed by atoms with Crippen molar-refractivity contribution in [2.45, 2.75) is 70.5 Å². The summed E-state index contributed by atoms with van der Waals surface area (Å²) in [6.45, 7) is 9.69. The Morgan fingerprint density at radius 3 is 2.79 bits per heavy atom. The van der Waals surface area contributed by atoms with Crippen LogP contribution >= 0.6 is 0 Å². The van der Waals surface area contributed by atoms with Gasteiger partial charge in [-0.05, 0) is 65.7 Å². The van der Waals surface area contributed by atoms with Crippen LogP contribution in [0.1, 0.15) is 52.4 Å². The second-order valence-electron chi connectivity index (χ2n) is 6.67. The van der Waals surface area contributed by atoms with Crippen molar-refractivity contribution in [3.05, 3.63) is 0 Å². The molecule has 0 spiro atoms. The van der Waals surface area contributed by atoms with Gasteiger partial charge in [0.25, 0.3) is 0 Å². The minimum Gasteiger partial charge on any atom is -0.314 e. The Morgan fingerprint density at radius 2 is 2.00 bits per heavy atom. The Labute approximate surface area is 119 Å². The molecule has 3 atom stereocenters. The first-order chi connectivity index (χ1) is 9.20. The van der Waals surface area contributed by atoms with Crippen LogP contribution in [-0.2, 0) is 0 Å². The molecule has 0 amide bonds. The molecule has 2 fully saturated rings. The summed E-state index contributed by atoms with van der Waals surface area (Å²) in [7, 11) is 2.27. The fraction of sp³-hybridized carbons (Fsp3) is 1.00. The summed E-state index contributed by atoms with van der Waals surface area (Å²) in [5, 5.41) is 3.74. The Bertz CT molecular complexity index is 256. The molecule has 3 heteroatoms. The molecule has 3 unspecified atom stereocenters. The Balaban J connectivity index is 1.88. The summed E-state index contributed by atoms with van der Waals surface area (Å²) in [5.41, 5.74) is 0. The van der Waals surface area contributed by atoms with Gasteiger partial charge in [0.05, 0.1) is 0 Å². The molecule has 1 saturated carbocycles. The molecule has 3 nitrogen and oxygen atoms in total. The fourth-order valence-corrected chi connectivity index (χ4v) is 3.93. The maximum atomic E-state index is 3.74. The summed E-state index contributed by atoms with van der Waals surface area (Å²) in [6, 6.07) is 2.32. The van der Waals surface area contributed by atoms with Crippen LogP contribution in [0.4, 0.5) is 0 Å². The SMILES string of the molecule is CCCNC1CCCC(N2CCCN(C)CC2C)C1. The average Bonchev–Trinajstić information content (AvgIpc) is 2.57. The van der Waals surface area contributed by atoms with E-state index in [1.54, 1.807) is 0 Å². The highest BCUT2D eigenvalue weighted by Crippen LogP contribution is 2.26. The van der Waals surface area contributed by atoms with Crippen molar-refractivity contribution in [3.8, 4) is 0 Å². The van der Waals surface area contributed by atoms with Gasteiger partial charge in [0, 0.05) is 24.7 Å². The standard InChI is InChI=1S/C16H33N3/c1-4-9-17-15-7-5-8-16(12-15)19-11-6-10-18(3)13-14(19)2/h14-17H,4-13H2,1-3H3. The van der Waals surface area contributed by atoms with E-state index in [4.69, 9.17) is 0 Å². The highest BCUT2D eigenvalue weighted by molar-refractivity contribution is 4.88. The van der Waals surface area contributed by atoms with Gasteiger partial charge in [-0.2, -0.15) is 0 Å². The molecule has 112 valence electrons. The maximum Gasteiger partial charge on any atom is 0.0197 e. The molecule has 0 aromatic heterocycles. The number of hydrogen-bond acceptors (Lipinski definition) is 3. The van der Waals surface area contributed by atoms with Crippen molar-refractivity contribution in [3.63, 3.8) is 0 Å². The fourth-order valence-electron chi connectivity index (χ4n) is 3.93. The lowest BCUT2D eigenvalue weighted by Gasteiger charge is -2.40. The number of rotatable bonds is 4. The van der Waals surface area contributed by atoms with Crippen molar-refractivity contribution < 1.29 is 0 Å². The van der Waals surface area contributed by atoms with Gasteiger partial charge in [-0.1, -0.05) is 13.3 Å². The molecule has 2 aliphatic rings. The molecule has 19 heavy (non-hydrogen) atoms. The van der Waals surface area contributed by atoms with Crippen molar-refractivity contribution in [2.24, 2.45) is 0 Å². The first kappa shape index (κ1) is 15.3. The van der Waals surface area contributed by atoms with E-state index in [9.17, 15) is 0 Å². The Morgan fingerprint density at radius 1 is 1.16 bits per heavy atom. The molecule has 1 aliphatic heterocycles. The topological polar surface area (TPSA) is 18.5 Å². The van der Waals surface area contributed by atoms with Gasteiger partial charge in [0.1, 0.15) is 0 Å². The van der Waals surface area contributed by atoms with E-state index in [2.05, 4.69) is 36.0 Å². The first-order valence-electron chi connectivity index (χ1n) is 8.38. The lowest BCUT2D eigenvalue weighted by molar-refractivity contribution is 0.101. The third-order valence-electron chi connectivity index (χ3n) is 4.90. The highest BCUT2D eigenvalue weighted by atomic mass is 15.2. The van der Waals surface area contributed by atoms with Crippen LogP contribution in [0.3, 0.4) is 0 Å². The van der Waals surface area contributed by atoms with Crippen LogP contribution in [0.15, 0.2) is 0 Å². The van der Waals surface area contributed by atoms with Crippen molar-refractivity contribution in [2.75, 3.05) is 33.2 Å².